The predicted octanol–water partition coefficient (Wildman–Crippen LogP) is -1.84. The molecule has 5 heteroatoms. The van der Waals surface area contributed by atoms with E-state index in [4.69, 9.17) is 22.3 Å². The van der Waals surface area contributed by atoms with E-state index in [0.29, 0.717) is 0 Å². The highest BCUT2D eigenvalue weighted by atomic mass is 16.4. The van der Waals surface area contributed by atoms with Gasteiger partial charge in [-0.25, -0.2) is 4.79 Å². The summed E-state index contributed by atoms with van der Waals surface area (Å²) in [6, 6.07) is 0. The van der Waals surface area contributed by atoms with Crippen molar-refractivity contribution in [1.82, 2.24) is 0 Å². The second-order valence-electron chi connectivity index (χ2n) is 1.44. The molecule has 0 heterocycles. The lowest BCUT2D eigenvalue weighted by Gasteiger charge is -1.97. The van der Waals surface area contributed by atoms with Crippen molar-refractivity contribution in [3.8, 4) is 0 Å². The Morgan fingerprint density at radius 1 is 1.44 bits per heavy atom. The molecule has 0 aliphatic rings. The second kappa shape index (κ2) is 2.93. The third kappa shape index (κ3) is 2.00. The molecular weight excluding hydrogens is 122 g/mol. The van der Waals surface area contributed by atoms with E-state index in [2.05, 4.69) is 0 Å². The number of carboxylic acids is 1. The lowest BCUT2D eigenvalue weighted by Crippen LogP contribution is -2.22. The summed E-state index contributed by atoms with van der Waals surface area (Å²) >= 11 is 0. The number of carboxylic acid groups (broad SMARTS) is 1. The summed E-state index contributed by atoms with van der Waals surface area (Å²) < 4.78 is 0. The summed E-state index contributed by atoms with van der Waals surface area (Å²) in [5, 5.41) is 8.25. The highest BCUT2D eigenvalue weighted by molar-refractivity contribution is 5.87. The molecule has 9 heavy (non-hydrogen) atoms. The van der Waals surface area contributed by atoms with Crippen LogP contribution in [0.1, 0.15) is 0 Å². The first kappa shape index (κ1) is 7.77. The molecule has 0 aliphatic heterocycles. The van der Waals surface area contributed by atoms with Gasteiger partial charge in [-0.1, -0.05) is 0 Å². The Morgan fingerprint density at radius 3 is 1.89 bits per heavy atom. The summed E-state index contributed by atoms with van der Waals surface area (Å²) in [5.41, 5.74) is 14.7. The maximum absolute atomic E-state index is 10.1. The normalized spacial score (nSPS) is 8.56. The van der Waals surface area contributed by atoms with E-state index in [-0.39, 0.29) is 17.9 Å². The largest absolute Gasteiger partial charge is 0.478 e. The molecular formula is C4H9N3O2. The fraction of sp³-hybridized carbons (Fsp3) is 0.250. The smallest absolute Gasteiger partial charge is 0.336 e. The van der Waals surface area contributed by atoms with E-state index in [0.717, 1.165) is 0 Å². The minimum atomic E-state index is -1.17. The average Bonchev–Trinajstić information content (AvgIpc) is 1.64. The Bertz CT molecular complexity index is 148. The van der Waals surface area contributed by atoms with Gasteiger partial charge in [0.1, 0.15) is 5.82 Å². The Labute approximate surface area is 52.1 Å². The van der Waals surface area contributed by atoms with Crippen LogP contribution >= 0.6 is 0 Å². The van der Waals surface area contributed by atoms with Crippen LogP contribution in [0.5, 0.6) is 0 Å². The highest BCUT2D eigenvalue weighted by Gasteiger charge is 2.06. The van der Waals surface area contributed by atoms with Crippen LogP contribution in [0.3, 0.4) is 0 Å². The van der Waals surface area contributed by atoms with Crippen LogP contribution in [0.4, 0.5) is 0 Å². The molecule has 0 rings (SSSR count). The van der Waals surface area contributed by atoms with Crippen molar-refractivity contribution in [2.75, 3.05) is 6.54 Å². The molecule has 0 radical (unpaired) electrons. The van der Waals surface area contributed by atoms with Gasteiger partial charge in [-0.3, -0.25) is 0 Å². The van der Waals surface area contributed by atoms with Crippen molar-refractivity contribution < 1.29 is 9.90 Å². The fourth-order valence-electron chi connectivity index (χ4n) is 0.329. The van der Waals surface area contributed by atoms with Crippen LogP contribution < -0.4 is 17.2 Å². The van der Waals surface area contributed by atoms with Crippen molar-refractivity contribution in [3.63, 3.8) is 0 Å². The van der Waals surface area contributed by atoms with Crippen LogP contribution in [-0.2, 0) is 4.79 Å². The number of nitrogens with two attached hydrogens (primary N) is 3. The maximum atomic E-state index is 10.1. The molecule has 0 amide bonds. The van der Waals surface area contributed by atoms with Crippen LogP contribution in [0.25, 0.3) is 0 Å². The molecule has 0 aromatic rings. The third-order valence-electron chi connectivity index (χ3n) is 0.811. The lowest BCUT2D eigenvalue weighted by molar-refractivity contribution is -0.132. The van der Waals surface area contributed by atoms with Crippen molar-refractivity contribution in [1.29, 1.82) is 0 Å². The first-order valence-corrected chi connectivity index (χ1v) is 2.27. The highest BCUT2D eigenvalue weighted by Crippen LogP contribution is 1.89. The molecule has 0 aromatic heterocycles. The Hall–Kier alpha value is -1.23. The van der Waals surface area contributed by atoms with Crippen molar-refractivity contribution in [2.24, 2.45) is 17.2 Å². The monoisotopic (exact) mass is 131 g/mol. The second-order valence-corrected chi connectivity index (χ2v) is 1.44. The first-order valence-electron chi connectivity index (χ1n) is 2.27. The van der Waals surface area contributed by atoms with E-state index < -0.39 is 5.97 Å². The van der Waals surface area contributed by atoms with E-state index >= 15 is 0 Å². The van der Waals surface area contributed by atoms with Gasteiger partial charge in [0.05, 0.1) is 5.57 Å². The summed E-state index contributed by atoms with van der Waals surface area (Å²) in [7, 11) is 0. The summed E-state index contributed by atoms with van der Waals surface area (Å²) in [6.45, 7) is -0.141. The van der Waals surface area contributed by atoms with Crippen LogP contribution in [0.2, 0.25) is 0 Å². The number of hydrogen-bond donors (Lipinski definition) is 4. The van der Waals surface area contributed by atoms with Gasteiger partial charge in [0, 0.05) is 6.54 Å². The fourth-order valence-corrected chi connectivity index (χ4v) is 0.329. The minimum Gasteiger partial charge on any atom is -0.478 e. The molecule has 0 aromatic carbocycles. The molecule has 0 aliphatic carbocycles. The molecule has 0 fully saturated rings. The Kier molecular flexibility index (Phi) is 2.53. The molecule has 5 nitrogen and oxygen atoms in total. The number of aliphatic carboxylic acids is 1. The molecule has 52 valence electrons. The third-order valence-corrected chi connectivity index (χ3v) is 0.811. The van der Waals surface area contributed by atoms with Crippen molar-refractivity contribution in [2.45, 2.75) is 0 Å². The summed E-state index contributed by atoms with van der Waals surface area (Å²) in [5.74, 6) is -1.40. The first-order chi connectivity index (χ1) is 4.09. The standard InChI is InChI=1S/C4H9N3O2/c5-1-2(3(6)7)4(8)9/h1,5-7H2,(H,8,9). The topological polar surface area (TPSA) is 115 Å². The zero-order valence-electron chi connectivity index (χ0n) is 4.79. The SMILES string of the molecule is NCC(C(=O)O)=C(N)N. The number of hydrogen-bond acceptors (Lipinski definition) is 4. The molecule has 7 N–H and O–H groups in total. The van der Waals surface area contributed by atoms with Crippen molar-refractivity contribution in [3.05, 3.63) is 11.4 Å². The summed E-state index contributed by atoms with van der Waals surface area (Å²) in [6.07, 6.45) is 0. The molecule has 0 atom stereocenters. The Balaban J connectivity index is 4.35. The Morgan fingerprint density at radius 2 is 1.89 bits per heavy atom. The van der Waals surface area contributed by atoms with Gasteiger partial charge in [0.25, 0.3) is 0 Å². The van der Waals surface area contributed by atoms with Crippen LogP contribution in [0.15, 0.2) is 11.4 Å². The average molecular weight is 131 g/mol. The molecule has 0 unspecified atom stereocenters. The maximum Gasteiger partial charge on any atom is 0.336 e. The summed E-state index contributed by atoms with van der Waals surface area (Å²) in [4.78, 5) is 10.1. The van der Waals surface area contributed by atoms with E-state index in [1.807, 2.05) is 0 Å². The van der Waals surface area contributed by atoms with Gasteiger partial charge >= 0.3 is 5.97 Å². The quantitative estimate of drug-likeness (QED) is 0.328. The van der Waals surface area contributed by atoms with Gasteiger partial charge in [-0.2, -0.15) is 0 Å². The van der Waals surface area contributed by atoms with E-state index in [1.165, 1.54) is 0 Å². The van der Waals surface area contributed by atoms with E-state index in [9.17, 15) is 4.79 Å². The zero-order valence-corrected chi connectivity index (χ0v) is 4.79. The van der Waals surface area contributed by atoms with Crippen molar-refractivity contribution >= 4 is 5.97 Å². The van der Waals surface area contributed by atoms with Gasteiger partial charge in [-0.15, -0.1) is 0 Å². The predicted molar refractivity (Wildman–Crippen MR) is 32.1 cm³/mol. The van der Waals surface area contributed by atoms with E-state index in [1.54, 1.807) is 0 Å². The number of rotatable bonds is 2. The van der Waals surface area contributed by atoms with Crippen LogP contribution in [0, 0.1) is 0 Å². The zero-order chi connectivity index (χ0) is 7.44. The molecule has 0 saturated carbocycles. The molecule has 0 spiro atoms. The number of carbonyl (C=O) groups is 1. The lowest BCUT2D eigenvalue weighted by atomic mass is 10.3. The van der Waals surface area contributed by atoms with Gasteiger partial charge in [-0.05, 0) is 0 Å². The van der Waals surface area contributed by atoms with Gasteiger partial charge in [0.2, 0.25) is 0 Å². The minimum absolute atomic E-state index is 0.141. The van der Waals surface area contributed by atoms with Gasteiger partial charge < -0.3 is 22.3 Å². The van der Waals surface area contributed by atoms with Gasteiger partial charge in [0.15, 0.2) is 0 Å². The molecule has 0 bridgehead atoms. The molecule has 0 saturated heterocycles. The van der Waals surface area contributed by atoms with Crippen LogP contribution in [-0.4, -0.2) is 17.6 Å².